The van der Waals surface area contributed by atoms with Crippen LogP contribution in [0.2, 0.25) is 5.02 Å². The van der Waals surface area contributed by atoms with Crippen molar-refractivity contribution in [1.29, 1.82) is 0 Å². The average molecular weight is 342 g/mol. The van der Waals surface area contributed by atoms with Crippen LogP contribution in [-0.4, -0.2) is 15.1 Å². The first-order valence-electron chi connectivity index (χ1n) is 7.40. The van der Waals surface area contributed by atoms with Crippen molar-refractivity contribution < 1.29 is 9.84 Å². The minimum atomic E-state index is -0.0136. The predicted molar refractivity (Wildman–Crippen MR) is 93.2 cm³/mol. The number of halogens is 1. The molecule has 2 aromatic carbocycles. The van der Waals surface area contributed by atoms with Crippen LogP contribution in [0.25, 0.3) is 0 Å². The molecule has 0 fully saturated rings. The highest BCUT2D eigenvalue weighted by atomic mass is 35.5. The maximum Gasteiger partial charge on any atom is 0.237 e. The lowest BCUT2D eigenvalue weighted by atomic mass is 10.2. The first-order valence-corrected chi connectivity index (χ1v) is 7.78. The highest BCUT2D eigenvalue weighted by molar-refractivity contribution is 6.33. The van der Waals surface area contributed by atoms with Crippen LogP contribution in [0.15, 0.2) is 61.1 Å². The molecule has 0 spiro atoms. The average Bonchev–Trinajstić information content (AvgIpc) is 2.63. The van der Waals surface area contributed by atoms with E-state index in [9.17, 15) is 5.11 Å². The van der Waals surface area contributed by atoms with Gasteiger partial charge in [0.1, 0.15) is 5.75 Å². The molecule has 2 N–H and O–H groups in total. The molecule has 6 heteroatoms. The van der Waals surface area contributed by atoms with Gasteiger partial charge in [-0.1, -0.05) is 29.8 Å². The molecule has 0 aliphatic rings. The molecular formula is C18H16ClN3O2. The Bertz CT molecular complexity index is 795. The summed E-state index contributed by atoms with van der Waals surface area (Å²) in [6.07, 6.45) is 4.74. The van der Waals surface area contributed by atoms with Crippen LogP contribution in [0.3, 0.4) is 0 Å². The molecule has 0 amide bonds. The first-order chi connectivity index (χ1) is 11.7. The van der Waals surface area contributed by atoms with E-state index in [1.807, 2.05) is 30.3 Å². The molecule has 0 saturated heterocycles. The lowest BCUT2D eigenvalue weighted by Crippen LogP contribution is -2.01. The molecular weight excluding hydrogens is 326 g/mol. The molecule has 0 saturated carbocycles. The van der Waals surface area contributed by atoms with Crippen molar-refractivity contribution in [3.63, 3.8) is 0 Å². The second kappa shape index (κ2) is 7.77. The number of hydrogen-bond donors (Lipinski definition) is 2. The van der Waals surface area contributed by atoms with Gasteiger partial charge in [0.15, 0.2) is 0 Å². The van der Waals surface area contributed by atoms with Crippen molar-refractivity contribution >= 4 is 17.3 Å². The SMILES string of the molecule is OCc1ccc(Cl)c(NCc2ccc(Oc3cnccn3)cc2)c1. The molecule has 0 aliphatic heterocycles. The predicted octanol–water partition coefficient (Wildman–Crippen LogP) is 4.03. The van der Waals surface area contributed by atoms with Crippen molar-refractivity contribution in [2.45, 2.75) is 13.2 Å². The van der Waals surface area contributed by atoms with Crippen LogP contribution >= 0.6 is 11.6 Å². The fourth-order valence-corrected chi connectivity index (χ4v) is 2.32. The van der Waals surface area contributed by atoms with Gasteiger partial charge in [0.05, 0.1) is 23.5 Å². The van der Waals surface area contributed by atoms with E-state index in [1.165, 1.54) is 0 Å². The van der Waals surface area contributed by atoms with Crippen LogP contribution in [0, 0.1) is 0 Å². The van der Waals surface area contributed by atoms with Gasteiger partial charge < -0.3 is 15.2 Å². The maximum atomic E-state index is 9.20. The van der Waals surface area contributed by atoms with Crippen molar-refractivity contribution in [3.05, 3.63) is 77.2 Å². The summed E-state index contributed by atoms with van der Waals surface area (Å²) in [6.45, 7) is 0.598. The molecule has 24 heavy (non-hydrogen) atoms. The smallest absolute Gasteiger partial charge is 0.237 e. The Hall–Kier alpha value is -2.63. The number of rotatable bonds is 6. The van der Waals surface area contributed by atoms with E-state index < -0.39 is 0 Å². The molecule has 0 atom stereocenters. The van der Waals surface area contributed by atoms with Gasteiger partial charge in [-0.3, -0.25) is 4.98 Å². The number of nitrogens with one attached hydrogen (secondary N) is 1. The number of benzene rings is 2. The normalized spacial score (nSPS) is 10.4. The van der Waals surface area contributed by atoms with E-state index in [1.54, 1.807) is 30.7 Å². The van der Waals surface area contributed by atoms with Gasteiger partial charge in [0.2, 0.25) is 5.88 Å². The van der Waals surface area contributed by atoms with Crippen LogP contribution < -0.4 is 10.1 Å². The second-order valence-corrected chi connectivity index (χ2v) is 5.52. The number of hydrogen-bond acceptors (Lipinski definition) is 5. The summed E-state index contributed by atoms with van der Waals surface area (Å²) in [5.41, 5.74) is 2.68. The third-order valence-electron chi connectivity index (χ3n) is 3.38. The maximum absolute atomic E-state index is 9.20. The zero-order valence-corrected chi connectivity index (χ0v) is 13.6. The lowest BCUT2D eigenvalue weighted by molar-refractivity contribution is 0.282. The lowest BCUT2D eigenvalue weighted by Gasteiger charge is -2.10. The van der Waals surface area contributed by atoms with Gasteiger partial charge in [0.25, 0.3) is 0 Å². The van der Waals surface area contributed by atoms with Gasteiger partial charge in [-0.25, -0.2) is 4.98 Å². The highest BCUT2D eigenvalue weighted by Gasteiger charge is 2.03. The van der Waals surface area contributed by atoms with E-state index in [4.69, 9.17) is 16.3 Å². The van der Waals surface area contributed by atoms with Crippen LogP contribution in [0.1, 0.15) is 11.1 Å². The number of aromatic nitrogens is 2. The van der Waals surface area contributed by atoms with Gasteiger partial charge in [-0.15, -0.1) is 0 Å². The van der Waals surface area contributed by atoms with Crippen molar-refractivity contribution in [3.8, 4) is 11.6 Å². The minimum Gasteiger partial charge on any atom is -0.438 e. The number of ether oxygens (including phenoxy) is 1. The summed E-state index contributed by atoms with van der Waals surface area (Å²) >= 11 is 6.16. The van der Waals surface area contributed by atoms with Gasteiger partial charge in [0, 0.05) is 18.9 Å². The molecule has 0 aliphatic carbocycles. The molecule has 0 unspecified atom stereocenters. The van der Waals surface area contributed by atoms with E-state index in [0.29, 0.717) is 23.2 Å². The molecule has 5 nitrogen and oxygen atoms in total. The van der Waals surface area contributed by atoms with Crippen molar-refractivity contribution in [1.82, 2.24) is 9.97 Å². The Labute approximate surface area is 144 Å². The summed E-state index contributed by atoms with van der Waals surface area (Å²) in [5.74, 6) is 1.15. The van der Waals surface area contributed by atoms with E-state index in [0.717, 1.165) is 16.8 Å². The molecule has 3 rings (SSSR count). The van der Waals surface area contributed by atoms with Gasteiger partial charge in [-0.05, 0) is 35.4 Å². The van der Waals surface area contributed by atoms with Gasteiger partial charge in [-0.2, -0.15) is 0 Å². The summed E-state index contributed by atoms with van der Waals surface area (Å²) in [5, 5.41) is 13.1. The van der Waals surface area contributed by atoms with E-state index in [2.05, 4.69) is 15.3 Å². The van der Waals surface area contributed by atoms with E-state index >= 15 is 0 Å². The summed E-state index contributed by atoms with van der Waals surface area (Å²) < 4.78 is 5.60. The summed E-state index contributed by atoms with van der Waals surface area (Å²) in [4.78, 5) is 8.02. The highest BCUT2D eigenvalue weighted by Crippen LogP contribution is 2.24. The molecule has 122 valence electrons. The molecule has 0 bridgehead atoms. The Morgan fingerprint density at radius 2 is 1.83 bits per heavy atom. The van der Waals surface area contributed by atoms with Crippen molar-refractivity contribution in [2.75, 3.05) is 5.32 Å². The Morgan fingerprint density at radius 1 is 1.04 bits per heavy atom. The molecule has 1 aromatic heterocycles. The van der Waals surface area contributed by atoms with Gasteiger partial charge >= 0.3 is 0 Å². The van der Waals surface area contributed by atoms with Crippen LogP contribution in [0.5, 0.6) is 11.6 Å². The Balaban J connectivity index is 1.62. The first kappa shape index (κ1) is 16.2. The van der Waals surface area contributed by atoms with Crippen LogP contribution in [-0.2, 0) is 13.2 Å². The monoisotopic (exact) mass is 341 g/mol. The summed E-state index contributed by atoms with van der Waals surface area (Å²) in [7, 11) is 0. The Morgan fingerprint density at radius 3 is 2.54 bits per heavy atom. The largest absolute Gasteiger partial charge is 0.438 e. The molecule has 3 aromatic rings. The third kappa shape index (κ3) is 4.22. The number of nitrogens with zero attached hydrogens (tertiary/aromatic N) is 2. The zero-order valence-electron chi connectivity index (χ0n) is 12.8. The topological polar surface area (TPSA) is 67.3 Å². The fraction of sp³-hybridized carbons (Fsp3) is 0.111. The Kier molecular flexibility index (Phi) is 5.25. The number of aliphatic hydroxyl groups is 1. The van der Waals surface area contributed by atoms with Crippen molar-refractivity contribution in [2.24, 2.45) is 0 Å². The van der Waals surface area contributed by atoms with E-state index in [-0.39, 0.29) is 6.61 Å². The standard InChI is InChI=1S/C18H16ClN3O2/c19-16-6-3-14(12-23)9-17(16)22-10-13-1-4-15(5-2-13)24-18-11-20-7-8-21-18/h1-9,11,22-23H,10,12H2. The third-order valence-corrected chi connectivity index (χ3v) is 3.71. The van der Waals surface area contributed by atoms with Crippen LogP contribution in [0.4, 0.5) is 5.69 Å². The number of anilines is 1. The zero-order chi connectivity index (χ0) is 16.8. The quantitative estimate of drug-likeness (QED) is 0.708. The molecule has 0 radical (unpaired) electrons. The second-order valence-electron chi connectivity index (χ2n) is 5.12. The minimum absolute atomic E-state index is 0.0136. The molecule has 1 heterocycles. The number of aliphatic hydroxyl groups excluding tert-OH is 1. The fourth-order valence-electron chi connectivity index (χ4n) is 2.14. The summed E-state index contributed by atoms with van der Waals surface area (Å²) in [6, 6.07) is 13.1.